The van der Waals surface area contributed by atoms with Crippen molar-refractivity contribution in [1.29, 1.82) is 0 Å². The van der Waals surface area contributed by atoms with Crippen LogP contribution in [0.25, 0.3) is 10.3 Å². The highest BCUT2D eigenvalue weighted by Crippen LogP contribution is 2.29. The molecule has 0 unspecified atom stereocenters. The van der Waals surface area contributed by atoms with Crippen LogP contribution in [0, 0.1) is 0 Å². The van der Waals surface area contributed by atoms with E-state index in [0.717, 1.165) is 31.1 Å². The Hall–Kier alpha value is -2.72. The van der Waals surface area contributed by atoms with E-state index in [1.807, 2.05) is 0 Å². The van der Waals surface area contributed by atoms with Gasteiger partial charge >= 0.3 is 0 Å². The number of nitrogens with zero attached hydrogens (tertiary/aromatic N) is 4. The molecule has 0 saturated carbocycles. The van der Waals surface area contributed by atoms with Crippen molar-refractivity contribution in [1.82, 2.24) is 14.5 Å². The summed E-state index contributed by atoms with van der Waals surface area (Å²) in [5, 5.41) is 4.07. The highest BCUT2D eigenvalue weighted by atomic mass is 32.2. The Bertz CT molecular complexity index is 1160. The van der Waals surface area contributed by atoms with Crippen LogP contribution in [0.1, 0.15) is 30.1 Å². The lowest BCUT2D eigenvalue weighted by Gasteiger charge is -2.11. The molecule has 1 aliphatic heterocycles. The number of nitrogens with one attached hydrogen (secondary N) is 1. The van der Waals surface area contributed by atoms with Gasteiger partial charge in [0.2, 0.25) is 5.91 Å². The Kier molecular flexibility index (Phi) is 5.87. The predicted octanol–water partition coefficient (Wildman–Crippen LogP) is 2.92. The average Bonchev–Trinajstić information content (AvgIpc) is 3.40. The Balaban J connectivity index is 1.46. The lowest BCUT2D eigenvalue weighted by molar-refractivity contribution is -0.113. The molecule has 1 amide bonds. The Labute approximate surface area is 181 Å². The van der Waals surface area contributed by atoms with Crippen molar-refractivity contribution >= 4 is 56.0 Å². The molecule has 0 spiro atoms. The van der Waals surface area contributed by atoms with Crippen molar-refractivity contribution in [3.63, 3.8) is 0 Å². The molecule has 0 radical (unpaired) electrons. The maximum Gasteiger partial charge on any atom is 0.273 e. The van der Waals surface area contributed by atoms with Gasteiger partial charge in [0, 0.05) is 31.4 Å². The minimum Gasteiger partial charge on any atom is -0.348 e. The number of anilines is 2. The lowest BCUT2D eigenvalue weighted by atomic mass is 10.1. The molecular formula is C20H21N5O3S2. The largest absolute Gasteiger partial charge is 0.348 e. The number of thiazole rings is 1. The van der Waals surface area contributed by atoms with Gasteiger partial charge in [0.15, 0.2) is 21.7 Å². The Morgan fingerprint density at radius 2 is 1.87 bits per heavy atom. The number of rotatable bonds is 6. The van der Waals surface area contributed by atoms with E-state index in [1.54, 1.807) is 31.3 Å². The van der Waals surface area contributed by atoms with Gasteiger partial charge in [-0.25, -0.2) is 4.98 Å². The fourth-order valence-corrected chi connectivity index (χ4v) is 5.00. The number of Topliss-reactive ketones (excluding diaryl/α,β-unsaturated/α-hetero) is 1. The van der Waals surface area contributed by atoms with Gasteiger partial charge in [0.25, 0.3) is 5.56 Å². The zero-order valence-corrected chi connectivity index (χ0v) is 18.3. The van der Waals surface area contributed by atoms with Crippen molar-refractivity contribution in [2.75, 3.05) is 29.1 Å². The first kappa shape index (κ1) is 20.5. The fourth-order valence-electron chi connectivity index (χ4n) is 3.21. The molecule has 2 aromatic heterocycles. The molecule has 1 aliphatic rings. The van der Waals surface area contributed by atoms with E-state index in [9.17, 15) is 14.4 Å². The summed E-state index contributed by atoms with van der Waals surface area (Å²) in [7, 11) is 1.66. The third-order valence-corrected chi connectivity index (χ3v) is 6.99. The number of amides is 1. The van der Waals surface area contributed by atoms with Crippen molar-refractivity contribution in [3.8, 4) is 0 Å². The highest BCUT2D eigenvalue weighted by molar-refractivity contribution is 7.99. The molecule has 1 fully saturated rings. The molecule has 0 bridgehead atoms. The van der Waals surface area contributed by atoms with Gasteiger partial charge in [0.1, 0.15) is 4.70 Å². The number of fused-ring (bicyclic) bond motifs is 1. The first-order valence-electron chi connectivity index (χ1n) is 9.58. The van der Waals surface area contributed by atoms with E-state index in [4.69, 9.17) is 0 Å². The van der Waals surface area contributed by atoms with Crippen molar-refractivity contribution in [2.45, 2.75) is 24.9 Å². The number of carbonyl (C=O) groups excluding carboxylic acids is 2. The number of benzene rings is 1. The number of carbonyl (C=O) groups is 2. The Morgan fingerprint density at radius 1 is 1.17 bits per heavy atom. The Morgan fingerprint density at radius 3 is 2.53 bits per heavy atom. The number of hydrogen-bond donors (Lipinski definition) is 1. The SMILES string of the molecule is CC(=O)c1ccc(NC(=O)CSc2nc3nc(N4CCCC4)sc3c(=O)n2C)cc1. The minimum absolute atomic E-state index is 0.0271. The van der Waals surface area contributed by atoms with Crippen LogP contribution in [-0.4, -0.2) is 45.1 Å². The number of ketones is 1. The van der Waals surface area contributed by atoms with Gasteiger partial charge in [-0.3, -0.25) is 19.0 Å². The standard InChI is InChI=1S/C20H21N5O3S2/c1-12(26)13-5-7-14(8-6-13)21-15(27)11-29-19-22-17-16(18(28)24(19)2)30-20(23-17)25-9-3-4-10-25/h5-8H,3-4,9-11H2,1-2H3,(H,21,27). The van der Waals surface area contributed by atoms with E-state index in [2.05, 4.69) is 20.2 Å². The molecule has 1 N–H and O–H groups in total. The number of thioether (sulfide) groups is 1. The fraction of sp³-hybridized carbons (Fsp3) is 0.350. The maximum atomic E-state index is 12.7. The van der Waals surface area contributed by atoms with E-state index in [-0.39, 0.29) is 23.0 Å². The van der Waals surface area contributed by atoms with E-state index in [1.165, 1.54) is 34.6 Å². The second-order valence-electron chi connectivity index (χ2n) is 7.07. The summed E-state index contributed by atoms with van der Waals surface area (Å²) >= 11 is 2.57. The first-order valence-corrected chi connectivity index (χ1v) is 11.4. The molecule has 30 heavy (non-hydrogen) atoms. The first-order chi connectivity index (χ1) is 14.4. The second-order valence-corrected chi connectivity index (χ2v) is 8.99. The molecule has 1 aromatic carbocycles. The van der Waals surface area contributed by atoms with Crippen LogP contribution in [-0.2, 0) is 11.8 Å². The number of hydrogen-bond acceptors (Lipinski definition) is 8. The van der Waals surface area contributed by atoms with E-state index in [0.29, 0.717) is 26.8 Å². The van der Waals surface area contributed by atoms with Gasteiger partial charge in [-0.2, -0.15) is 4.98 Å². The van der Waals surface area contributed by atoms with Gasteiger partial charge in [0.05, 0.1) is 5.75 Å². The summed E-state index contributed by atoms with van der Waals surface area (Å²) in [5.41, 5.74) is 1.49. The minimum atomic E-state index is -0.221. The van der Waals surface area contributed by atoms with Gasteiger partial charge in [-0.15, -0.1) is 0 Å². The van der Waals surface area contributed by atoms with Gasteiger partial charge in [-0.05, 0) is 44.0 Å². The summed E-state index contributed by atoms with van der Waals surface area (Å²) in [4.78, 5) is 47.6. The highest BCUT2D eigenvalue weighted by Gasteiger charge is 2.20. The molecule has 4 rings (SSSR count). The van der Waals surface area contributed by atoms with Crippen LogP contribution >= 0.6 is 23.1 Å². The summed E-state index contributed by atoms with van der Waals surface area (Å²) in [6.07, 6.45) is 2.27. The van der Waals surface area contributed by atoms with Crippen molar-refractivity contribution < 1.29 is 9.59 Å². The van der Waals surface area contributed by atoms with Crippen LogP contribution in [0.3, 0.4) is 0 Å². The average molecular weight is 444 g/mol. The third kappa shape index (κ3) is 4.24. The van der Waals surface area contributed by atoms with Gasteiger partial charge in [-0.1, -0.05) is 23.1 Å². The second kappa shape index (κ2) is 8.57. The summed E-state index contributed by atoms with van der Waals surface area (Å²) in [6, 6.07) is 6.72. The van der Waals surface area contributed by atoms with Crippen LogP contribution in [0.4, 0.5) is 10.8 Å². The zero-order chi connectivity index (χ0) is 21.3. The van der Waals surface area contributed by atoms with E-state index >= 15 is 0 Å². The van der Waals surface area contributed by atoms with Crippen LogP contribution in [0.15, 0.2) is 34.2 Å². The summed E-state index contributed by atoms with van der Waals surface area (Å²) < 4.78 is 2.01. The molecular weight excluding hydrogens is 422 g/mol. The quantitative estimate of drug-likeness (QED) is 0.355. The summed E-state index contributed by atoms with van der Waals surface area (Å²) in [5.74, 6) is -0.148. The molecule has 3 aromatic rings. The normalized spacial score (nSPS) is 13.7. The molecule has 0 aliphatic carbocycles. The lowest BCUT2D eigenvalue weighted by Crippen LogP contribution is -2.20. The predicted molar refractivity (Wildman–Crippen MR) is 120 cm³/mol. The van der Waals surface area contributed by atoms with E-state index < -0.39 is 0 Å². The topological polar surface area (TPSA) is 97.2 Å². The molecule has 3 heterocycles. The molecule has 156 valence electrons. The number of aromatic nitrogens is 3. The van der Waals surface area contributed by atoms with Crippen LogP contribution < -0.4 is 15.8 Å². The van der Waals surface area contributed by atoms with Crippen molar-refractivity contribution in [3.05, 3.63) is 40.2 Å². The van der Waals surface area contributed by atoms with Crippen molar-refractivity contribution in [2.24, 2.45) is 7.05 Å². The molecule has 0 atom stereocenters. The van der Waals surface area contributed by atoms with Crippen LogP contribution in [0.5, 0.6) is 0 Å². The maximum absolute atomic E-state index is 12.7. The molecule has 8 nitrogen and oxygen atoms in total. The molecule has 10 heteroatoms. The monoisotopic (exact) mass is 443 g/mol. The smallest absolute Gasteiger partial charge is 0.273 e. The zero-order valence-electron chi connectivity index (χ0n) is 16.7. The summed E-state index contributed by atoms with van der Waals surface area (Å²) in [6.45, 7) is 3.40. The third-order valence-electron chi connectivity index (χ3n) is 4.87. The van der Waals surface area contributed by atoms with Gasteiger partial charge < -0.3 is 10.2 Å². The molecule has 1 saturated heterocycles. The van der Waals surface area contributed by atoms with Crippen LogP contribution in [0.2, 0.25) is 0 Å².